The summed E-state index contributed by atoms with van der Waals surface area (Å²) in [4.78, 5) is 11.7. The number of hydrogen-bond acceptors (Lipinski definition) is 3. The summed E-state index contributed by atoms with van der Waals surface area (Å²) in [7, 11) is 0. The molecule has 0 spiro atoms. The monoisotopic (exact) mass is 334 g/mol. The molecule has 0 aliphatic heterocycles. The van der Waals surface area contributed by atoms with Gasteiger partial charge in [0, 0.05) is 15.6 Å². The van der Waals surface area contributed by atoms with E-state index in [4.69, 9.17) is 0 Å². The summed E-state index contributed by atoms with van der Waals surface area (Å²) in [5, 5.41) is 0. The first kappa shape index (κ1) is 14.8. The van der Waals surface area contributed by atoms with Crippen molar-refractivity contribution in [2.45, 2.75) is 6.92 Å². The van der Waals surface area contributed by atoms with E-state index in [-0.39, 0.29) is 11.6 Å². The van der Waals surface area contributed by atoms with Gasteiger partial charge >= 0.3 is 0 Å². The zero-order valence-electron chi connectivity index (χ0n) is 9.71. The lowest BCUT2D eigenvalue weighted by Crippen LogP contribution is -1.99. The van der Waals surface area contributed by atoms with Gasteiger partial charge in [-0.1, -0.05) is 22.0 Å². The zero-order valence-corrected chi connectivity index (χ0v) is 12.9. The average Bonchev–Trinajstić information content (AvgIpc) is 2.26. The van der Waals surface area contributed by atoms with Crippen molar-refractivity contribution >= 4 is 50.8 Å². The molecule has 17 heavy (non-hydrogen) atoms. The molecule has 0 bridgehead atoms. The Morgan fingerprint density at radius 3 is 2.29 bits per heavy atom. The molecule has 0 heterocycles. The topological polar surface area (TPSA) is 17.1 Å². The van der Waals surface area contributed by atoms with Crippen LogP contribution in [0.1, 0.15) is 12.5 Å². The fourth-order valence-corrected chi connectivity index (χ4v) is 3.55. The fraction of sp³-hybridized carbons (Fsp3) is 0.250. The third-order valence-corrected chi connectivity index (χ3v) is 4.93. The molecule has 0 aliphatic rings. The molecule has 1 rings (SSSR count). The van der Waals surface area contributed by atoms with Gasteiger partial charge in [-0.2, -0.15) is 0 Å². The Morgan fingerprint density at radius 1 is 1.29 bits per heavy atom. The van der Waals surface area contributed by atoms with Crippen LogP contribution in [0.4, 0.5) is 4.39 Å². The summed E-state index contributed by atoms with van der Waals surface area (Å²) in [5.41, 5.74) is 1.37. The highest BCUT2D eigenvalue weighted by Gasteiger charge is 2.16. The molecule has 0 fully saturated rings. The molecular formula is C12H12BrFOS2. The van der Waals surface area contributed by atoms with Crippen molar-refractivity contribution in [1.29, 1.82) is 0 Å². The number of Topliss-reactive ketones (excluding diaryl/α,β-unsaturated/α-hetero) is 1. The molecule has 0 aromatic heterocycles. The number of carbonyl (C=O) groups excluding carboxylic acids is 1. The normalized spacial score (nSPS) is 10.2. The first-order valence-electron chi connectivity index (χ1n) is 4.79. The Hall–Kier alpha value is -0.260. The van der Waals surface area contributed by atoms with E-state index in [1.54, 1.807) is 6.07 Å². The maximum atomic E-state index is 13.0. The summed E-state index contributed by atoms with van der Waals surface area (Å²) < 4.78 is 14.6. The van der Waals surface area contributed by atoms with Gasteiger partial charge in [-0.3, -0.25) is 4.79 Å². The van der Waals surface area contributed by atoms with Crippen molar-refractivity contribution < 1.29 is 9.18 Å². The molecular weight excluding hydrogens is 323 g/mol. The number of benzene rings is 1. The lowest BCUT2D eigenvalue weighted by atomic mass is 10.0. The minimum atomic E-state index is -0.321. The lowest BCUT2D eigenvalue weighted by Gasteiger charge is -2.11. The van der Waals surface area contributed by atoms with Gasteiger partial charge in [-0.15, -0.1) is 23.5 Å². The highest BCUT2D eigenvalue weighted by Crippen LogP contribution is 2.36. The minimum Gasteiger partial charge on any atom is -0.294 e. The molecule has 0 saturated carbocycles. The van der Waals surface area contributed by atoms with Crippen LogP contribution in [0.3, 0.4) is 0 Å². The minimum absolute atomic E-state index is 0.0176. The largest absolute Gasteiger partial charge is 0.294 e. The second-order valence-electron chi connectivity index (χ2n) is 3.25. The molecule has 1 aromatic rings. The number of ketones is 1. The molecule has 0 amide bonds. The number of carbonyl (C=O) groups is 1. The molecule has 0 radical (unpaired) electrons. The Bertz CT molecular complexity index is 466. The van der Waals surface area contributed by atoms with E-state index in [0.29, 0.717) is 10.0 Å². The number of halogens is 2. The summed E-state index contributed by atoms with van der Waals surface area (Å²) in [6, 6.07) is 4.36. The van der Waals surface area contributed by atoms with E-state index >= 15 is 0 Å². The van der Waals surface area contributed by atoms with Crippen LogP contribution in [0.25, 0.3) is 5.57 Å². The molecule has 1 nitrogen and oxygen atoms in total. The highest BCUT2D eigenvalue weighted by molar-refractivity contribution is 9.10. The van der Waals surface area contributed by atoms with Gasteiger partial charge in [0.2, 0.25) is 0 Å². The maximum absolute atomic E-state index is 13.0. The molecule has 0 atom stereocenters. The van der Waals surface area contributed by atoms with E-state index < -0.39 is 0 Å². The van der Waals surface area contributed by atoms with E-state index in [1.165, 1.54) is 42.6 Å². The van der Waals surface area contributed by atoms with Crippen LogP contribution in [0.2, 0.25) is 0 Å². The predicted octanol–water partition coefficient (Wildman–Crippen LogP) is 4.57. The first-order chi connectivity index (χ1) is 8.01. The lowest BCUT2D eigenvalue weighted by molar-refractivity contribution is -0.111. The van der Waals surface area contributed by atoms with E-state index in [2.05, 4.69) is 15.9 Å². The Kier molecular flexibility index (Phi) is 5.76. The molecule has 92 valence electrons. The van der Waals surface area contributed by atoms with Crippen molar-refractivity contribution in [1.82, 2.24) is 0 Å². The van der Waals surface area contributed by atoms with Gasteiger partial charge in [0.25, 0.3) is 0 Å². The molecule has 0 N–H and O–H groups in total. The number of allylic oxidation sites excluding steroid dienone is 1. The number of hydrogen-bond donors (Lipinski definition) is 0. The van der Waals surface area contributed by atoms with Crippen LogP contribution in [0.5, 0.6) is 0 Å². The number of thioether (sulfide) groups is 2. The van der Waals surface area contributed by atoms with Gasteiger partial charge in [-0.25, -0.2) is 4.39 Å². The van der Waals surface area contributed by atoms with Crippen molar-refractivity contribution in [3.8, 4) is 0 Å². The van der Waals surface area contributed by atoms with Crippen LogP contribution in [-0.4, -0.2) is 18.3 Å². The van der Waals surface area contributed by atoms with E-state index in [9.17, 15) is 9.18 Å². The third kappa shape index (κ3) is 3.60. The van der Waals surface area contributed by atoms with Crippen molar-refractivity contribution in [3.63, 3.8) is 0 Å². The fourth-order valence-electron chi connectivity index (χ4n) is 1.42. The highest BCUT2D eigenvalue weighted by atomic mass is 79.9. The molecule has 0 saturated heterocycles. The molecule has 5 heteroatoms. The second-order valence-corrected chi connectivity index (χ2v) is 6.00. The Labute approximate surface area is 117 Å². The zero-order chi connectivity index (χ0) is 13.0. The van der Waals surface area contributed by atoms with Crippen molar-refractivity contribution in [3.05, 3.63) is 38.3 Å². The van der Waals surface area contributed by atoms with Crippen LogP contribution in [0.15, 0.2) is 26.9 Å². The number of rotatable bonds is 4. The van der Waals surface area contributed by atoms with Crippen LogP contribution in [-0.2, 0) is 4.79 Å². The maximum Gasteiger partial charge on any atom is 0.162 e. The van der Waals surface area contributed by atoms with Gasteiger partial charge in [0.15, 0.2) is 5.78 Å². The van der Waals surface area contributed by atoms with Gasteiger partial charge in [-0.05, 0) is 31.6 Å². The van der Waals surface area contributed by atoms with Crippen molar-refractivity contribution in [2.24, 2.45) is 0 Å². The van der Waals surface area contributed by atoms with Crippen molar-refractivity contribution in [2.75, 3.05) is 12.5 Å². The smallest absolute Gasteiger partial charge is 0.162 e. The summed E-state index contributed by atoms with van der Waals surface area (Å²) >= 11 is 6.34. The van der Waals surface area contributed by atoms with Crippen LogP contribution in [0, 0.1) is 5.82 Å². The quantitative estimate of drug-likeness (QED) is 0.750. The predicted molar refractivity (Wildman–Crippen MR) is 78.7 cm³/mol. The van der Waals surface area contributed by atoms with Crippen LogP contribution >= 0.6 is 39.5 Å². The van der Waals surface area contributed by atoms with Gasteiger partial charge in [0.1, 0.15) is 5.82 Å². The summed E-state index contributed by atoms with van der Waals surface area (Å²) in [6.07, 6.45) is 3.85. The van der Waals surface area contributed by atoms with E-state index in [0.717, 1.165) is 9.80 Å². The van der Waals surface area contributed by atoms with Gasteiger partial charge in [0.05, 0.1) is 4.24 Å². The Morgan fingerprint density at radius 2 is 1.88 bits per heavy atom. The first-order valence-corrected chi connectivity index (χ1v) is 8.04. The summed E-state index contributed by atoms with van der Waals surface area (Å²) in [5.74, 6) is -0.339. The molecule has 0 unspecified atom stereocenters. The SMILES string of the molecule is CSC(SC)=C(C(C)=O)c1ccc(F)cc1Br. The second kappa shape index (κ2) is 6.61. The third-order valence-electron chi connectivity index (χ3n) is 2.13. The molecule has 0 aliphatic carbocycles. The summed E-state index contributed by atoms with van der Waals surface area (Å²) in [6.45, 7) is 1.53. The molecule has 1 aromatic carbocycles. The average molecular weight is 335 g/mol. The van der Waals surface area contributed by atoms with Crippen LogP contribution < -0.4 is 0 Å². The standard InChI is InChI=1S/C12H12BrFOS2/c1-7(15)11(12(16-2)17-3)9-5-4-8(14)6-10(9)13/h4-6H,1-3H3. The van der Waals surface area contributed by atoms with E-state index in [1.807, 2.05) is 12.5 Å². The van der Waals surface area contributed by atoms with Gasteiger partial charge < -0.3 is 0 Å². The Balaban J connectivity index is 3.43.